The first-order valence-corrected chi connectivity index (χ1v) is 8.58. The van der Waals surface area contributed by atoms with E-state index in [-0.39, 0.29) is 12.0 Å². The van der Waals surface area contributed by atoms with Gasteiger partial charge in [0.05, 0.1) is 24.6 Å². The molecule has 0 spiro atoms. The standard InChI is InChI=1S/C18H24N4O2/c23-18(8-3-5-15-11-20-21-12-15)22-10-4-7-17(13-22)24-14-16-6-1-2-9-19-16/h1-2,6,9,11-12,17H,3-5,7-8,10,13-14H2,(H,20,21). The van der Waals surface area contributed by atoms with Crippen molar-refractivity contribution in [3.05, 3.63) is 48.0 Å². The number of aryl methyl sites for hydroxylation is 1. The molecule has 1 saturated heterocycles. The summed E-state index contributed by atoms with van der Waals surface area (Å²) in [6, 6.07) is 5.82. The number of H-pyrrole nitrogens is 1. The van der Waals surface area contributed by atoms with E-state index in [2.05, 4.69) is 15.2 Å². The van der Waals surface area contributed by atoms with Crippen LogP contribution in [0.2, 0.25) is 0 Å². The van der Waals surface area contributed by atoms with Gasteiger partial charge in [0.2, 0.25) is 5.91 Å². The second kappa shape index (κ2) is 8.59. The van der Waals surface area contributed by atoms with Crippen LogP contribution in [0.3, 0.4) is 0 Å². The van der Waals surface area contributed by atoms with Crippen molar-refractivity contribution in [1.29, 1.82) is 0 Å². The van der Waals surface area contributed by atoms with E-state index in [1.165, 1.54) is 0 Å². The molecular formula is C18H24N4O2. The molecule has 0 radical (unpaired) electrons. The summed E-state index contributed by atoms with van der Waals surface area (Å²) in [6.07, 6.45) is 9.90. The number of rotatable bonds is 7. The molecule has 24 heavy (non-hydrogen) atoms. The van der Waals surface area contributed by atoms with Gasteiger partial charge in [-0.3, -0.25) is 14.9 Å². The van der Waals surface area contributed by atoms with Gasteiger partial charge >= 0.3 is 0 Å². The average Bonchev–Trinajstić information content (AvgIpc) is 3.14. The van der Waals surface area contributed by atoms with Gasteiger partial charge in [0.25, 0.3) is 0 Å². The fourth-order valence-corrected chi connectivity index (χ4v) is 3.00. The third kappa shape index (κ3) is 4.89. The van der Waals surface area contributed by atoms with Gasteiger partial charge < -0.3 is 9.64 Å². The van der Waals surface area contributed by atoms with Crippen LogP contribution in [0.1, 0.15) is 36.9 Å². The van der Waals surface area contributed by atoms with Gasteiger partial charge in [0, 0.05) is 31.9 Å². The van der Waals surface area contributed by atoms with E-state index in [9.17, 15) is 4.79 Å². The first kappa shape index (κ1) is 16.6. The smallest absolute Gasteiger partial charge is 0.222 e. The lowest BCUT2D eigenvalue weighted by Crippen LogP contribution is -2.43. The maximum Gasteiger partial charge on any atom is 0.222 e. The molecule has 1 atom stereocenters. The summed E-state index contributed by atoms with van der Waals surface area (Å²) >= 11 is 0. The molecule has 2 aromatic heterocycles. The number of carbonyl (C=O) groups is 1. The first-order chi connectivity index (χ1) is 11.8. The number of nitrogens with zero attached hydrogens (tertiary/aromatic N) is 3. The van der Waals surface area contributed by atoms with Crippen molar-refractivity contribution in [3.63, 3.8) is 0 Å². The third-order valence-electron chi connectivity index (χ3n) is 4.33. The van der Waals surface area contributed by atoms with E-state index in [1.54, 1.807) is 6.20 Å². The summed E-state index contributed by atoms with van der Waals surface area (Å²) in [4.78, 5) is 18.6. The summed E-state index contributed by atoms with van der Waals surface area (Å²) in [7, 11) is 0. The number of likely N-dealkylation sites (tertiary alicyclic amines) is 1. The minimum atomic E-state index is 0.110. The lowest BCUT2D eigenvalue weighted by Gasteiger charge is -2.32. The maximum atomic E-state index is 12.4. The Morgan fingerprint density at radius 1 is 1.42 bits per heavy atom. The zero-order chi connectivity index (χ0) is 16.6. The normalized spacial score (nSPS) is 17.8. The van der Waals surface area contributed by atoms with Crippen LogP contribution in [0.25, 0.3) is 0 Å². The molecule has 1 aliphatic rings. The van der Waals surface area contributed by atoms with Gasteiger partial charge in [0.15, 0.2) is 0 Å². The topological polar surface area (TPSA) is 71.1 Å². The zero-order valence-corrected chi connectivity index (χ0v) is 13.9. The second-order valence-electron chi connectivity index (χ2n) is 6.20. The fourth-order valence-electron chi connectivity index (χ4n) is 3.00. The van der Waals surface area contributed by atoms with Crippen LogP contribution < -0.4 is 0 Å². The van der Waals surface area contributed by atoms with Crippen LogP contribution in [-0.2, 0) is 22.6 Å². The molecule has 1 fully saturated rings. The predicted octanol–water partition coefficient (Wildman–Crippen LogP) is 2.34. The van der Waals surface area contributed by atoms with Crippen molar-refractivity contribution in [3.8, 4) is 0 Å². The number of hydrogen-bond donors (Lipinski definition) is 1. The molecule has 3 heterocycles. The molecule has 0 saturated carbocycles. The number of carbonyl (C=O) groups excluding carboxylic acids is 1. The average molecular weight is 328 g/mol. The van der Waals surface area contributed by atoms with Crippen LogP contribution in [0, 0.1) is 0 Å². The summed E-state index contributed by atoms with van der Waals surface area (Å²) < 4.78 is 5.94. The molecule has 2 aromatic rings. The Kier molecular flexibility index (Phi) is 5.96. The lowest BCUT2D eigenvalue weighted by molar-refractivity contribution is -0.135. The van der Waals surface area contributed by atoms with E-state index in [1.807, 2.05) is 35.5 Å². The summed E-state index contributed by atoms with van der Waals surface area (Å²) in [5, 5.41) is 6.72. The van der Waals surface area contributed by atoms with Crippen molar-refractivity contribution < 1.29 is 9.53 Å². The third-order valence-corrected chi connectivity index (χ3v) is 4.33. The van der Waals surface area contributed by atoms with Crippen LogP contribution in [0.15, 0.2) is 36.8 Å². The largest absolute Gasteiger partial charge is 0.370 e. The number of nitrogens with one attached hydrogen (secondary N) is 1. The summed E-state index contributed by atoms with van der Waals surface area (Å²) in [6.45, 7) is 2.04. The first-order valence-electron chi connectivity index (χ1n) is 8.58. The summed E-state index contributed by atoms with van der Waals surface area (Å²) in [5.74, 6) is 0.227. The molecule has 6 heteroatoms. The Bertz CT molecular complexity index is 615. The zero-order valence-electron chi connectivity index (χ0n) is 13.9. The van der Waals surface area contributed by atoms with E-state index in [0.717, 1.165) is 43.5 Å². The molecular weight excluding hydrogens is 304 g/mol. The molecule has 1 aliphatic heterocycles. The Hall–Kier alpha value is -2.21. The highest BCUT2D eigenvalue weighted by molar-refractivity contribution is 5.76. The number of hydrogen-bond acceptors (Lipinski definition) is 4. The summed E-state index contributed by atoms with van der Waals surface area (Å²) in [5.41, 5.74) is 2.08. The minimum absolute atomic E-state index is 0.110. The molecule has 0 aliphatic carbocycles. The molecule has 1 N–H and O–H groups in total. The maximum absolute atomic E-state index is 12.4. The van der Waals surface area contributed by atoms with Crippen molar-refractivity contribution in [2.24, 2.45) is 0 Å². The Labute approximate surface area is 142 Å². The highest BCUT2D eigenvalue weighted by Gasteiger charge is 2.23. The Morgan fingerprint density at radius 3 is 3.17 bits per heavy atom. The van der Waals surface area contributed by atoms with Crippen LogP contribution in [0.4, 0.5) is 0 Å². The molecule has 1 unspecified atom stereocenters. The SMILES string of the molecule is O=C(CCCc1cn[nH]c1)N1CCCC(OCc2ccccn2)C1. The van der Waals surface area contributed by atoms with Crippen LogP contribution in [-0.4, -0.2) is 45.2 Å². The highest BCUT2D eigenvalue weighted by atomic mass is 16.5. The fraction of sp³-hybridized carbons (Fsp3) is 0.500. The number of aromatic amines is 1. The van der Waals surface area contributed by atoms with E-state index >= 15 is 0 Å². The molecule has 128 valence electrons. The number of aromatic nitrogens is 3. The number of pyridine rings is 1. The lowest BCUT2D eigenvalue weighted by atomic mass is 10.1. The number of amides is 1. The van der Waals surface area contributed by atoms with Crippen molar-refractivity contribution in [2.45, 2.75) is 44.8 Å². The quantitative estimate of drug-likeness (QED) is 0.847. The van der Waals surface area contributed by atoms with E-state index in [4.69, 9.17) is 4.74 Å². The molecule has 1 amide bonds. The van der Waals surface area contributed by atoms with Crippen LogP contribution in [0.5, 0.6) is 0 Å². The monoisotopic (exact) mass is 328 g/mol. The van der Waals surface area contributed by atoms with Gasteiger partial charge in [-0.05, 0) is 43.4 Å². The van der Waals surface area contributed by atoms with Gasteiger partial charge in [-0.2, -0.15) is 5.10 Å². The number of ether oxygens (including phenoxy) is 1. The molecule has 0 bridgehead atoms. The van der Waals surface area contributed by atoms with E-state index < -0.39 is 0 Å². The van der Waals surface area contributed by atoms with Gasteiger partial charge in [-0.25, -0.2) is 0 Å². The van der Waals surface area contributed by atoms with Gasteiger partial charge in [-0.1, -0.05) is 6.07 Å². The molecule has 6 nitrogen and oxygen atoms in total. The van der Waals surface area contributed by atoms with Crippen molar-refractivity contribution >= 4 is 5.91 Å². The van der Waals surface area contributed by atoms with Crippen LogP contribution >= 0.6 is 0 Å². The van der Waals surface area contributed by atoms with E-state index in [0.29, 0.717) is 19.6 Å². The van der Waals surface area contributed by atoms with Crippen molar-refractivity contribution in [2.75, 3.05) is 13.1 Å². The van der Waals surface area contributed by atoms with Crippen molar-refractivity contribution in [1.82, 2.24) is 20.1 Å². The highest BCUT2D eigenvalue weighted by Crippen LogP contribution is 2.16. The molecule has 3 rings (SSSR count). The number of piperidine rings is 1. The predicted molar refractivity (Wildman–Crippen MR) is 90.2 cm³/mol. The second-order valence-corrected chi connectivity index (χ2v) is 6.20. The Morgan fingerprint density at radius 2 is 2.38 bits per heavy atom. The van der Waals surface area contributed by atoms with Gasteiger partial charge in [0.1, 0.15) is 0 Å². The van der Waals surface area contributed by atoms with Gasteiger partial charge in [-0.15, -0.1) is 0 Å². The minimum Gasteiger partial charge on any atom is -0.370 e. The molecule has 0 aromatic carbocycles. The Balaban J connectivity index is 1.40.